The Morgan fingerprint density at radius 2 is 1.89 bits per heavy atom. The van der Waals surface area contributed by atoms with Crippen molar-refractivity contribution in [1.82, 2.24) is 5.32 Å². The highest BCUT2D eigenvalue weighted by Gasteiger charge is 2.37. The highest BCUT2D eigenvalue weighted by atomic mass is 35.5. The number of alkyl halides is 3. The number of nitriles is 1. The van der Waals surface area contributed by atoms with Crippen molar-refractivity contribution in [3.8, 4) is 6.07 Å². The molecule has 0 unspecified atom stereocenters. The number of allylic oxidation sites excluding steroid dienone is 2. The summed E-state index contributed by atoms with van der Waals surface area (Å²) in [7, 11) is 0. The molecule has 0 spiro atoms. The number of anilines is 1. The SMILES string of the molecule is CC1=C(C(=O)Nc2cccc(C(F)(F)F)c2)[C@H](c2ccco2)C(C#N)=C(SCC(=O)c2ccc(Cl)cc2)N1. The maximum absolute atomic E-state index is 13.4. The number of carbonyl (C=O) groups excluding carboxylic acids is 2. The van der Waals surface area contributed by atoms with E-state index in [2.05, 4.69) is 16.7 Å². The largest absolute Gasteiger partial charge is 0.468 e. The average molecular weight is 558 g/mol. The maximum Gasteiger partial charge on any atom is 0.416 e. The van der Waals surface area contributed by atoms with Crippen LogP contribution in [0.1, 0.15) is 34.5 Å². The molecule has 1 amide bonds. The lowest BCUT2D eigenvalue weighted by atomic mass is 9.85. The van der Waals surface area contributed by atoms with Crippen molar-refractivity contribution in [3.05, 3.63) is 111 Å². The van der Waals surface area contributed by atoms with E-state index in [0.29, 0.717) is 27.1 Å². The Bertz CT molecular complexity index is 1470. The normalized spacial score (nSPS) is 15.6. The van der Waals surface area contributed by atoms with Gasteiger partial charge in [-0.05, 0) is 61.5 Å². The van der Waals surface area contributed by atoms with E-state index in [1.807, 2.05) is 0 Å². The highest BCUT2D eigenvalue weighted by Crippen LogP contribution is 2.41. The Morgan fingerprint density at radius 1 is 1.16 bits per heavy atom. The minimum absolute atomic E-state index is 0.000928. The number of thioether (sulfide) groups is 1. The van der Waals surface area contributed by atoms with E-state index in [9.17, 15) is 28.0 Å². The lowest BCUT2D eigenvalue weighted by molar-refractivity contribution is -0.137. The number of rotatable bonds is 7. The molecular weight excluding hydrogens is 539 g/mol. The van der Waals surface area contributed by atoms with Gasteiger partial charge in [-0.1, -0.05) is 29.4 Å². The second-order valence-corrected chi connectivity index (χ2v) is 9.64. The summed E-state index contributed by atoms with van der Waals surface area (Å²) < 4.78 is 45.0. The number of hydrogen-bond donors (Lipinski definition) is 2. The van der Waals surface area contributed by atoms with E-state index in [1.165, 1.54) is 18.4 Å². The van der Waals surface area contributed by atoms with Gasteiger partial charge in [0.15, 0.2) is 5.78 Å². The number of halogens is 4. The molecule has 0 bridgehead atoms. The number of nitrogens with one attached hydrogen (secondary N) is 2. The molecule has 1 aromatic heterocycles. The molecule has 0 saturated heterocycles. The van der Waals surface area contributed by atoms with Crippen molar-refractivity contribution in [3.63, 3.8) is 0 Å². The number of ketones is 1. The van der Waals surface area contributed by atoms with Crippen LogP contribution < -0.4 is 10.6 Å². The van der Waals surface area contributed by atoms with Crippen molar-refractivity contribution >= 4 is 40.7 Å². The molecule has 38 heavy (non-hydrogen) atoms. The van der Waals surface area contributed by atoms with E-state index in [1.54, 1.807) is 43.3 Å². The van der Waals surface area contributed by atoms with Crippen LogP contribution in [0.5, 0.6) is 0 Å². The zero-order chi connectivity index (χ0) is 27.4. The van der Waals surface area contributed by atoms with Gasteiger partial charge in [-0.15, -0.1) is 0 Å². The lowest BCUT2D eigenvalue weighted by Gasteiger charge is -2.28. The second kappa shape index (κ2) is 11.2. The molecule has 4 rings (SSSR count). The summed E-state index contributed by atoms with van der Waals surface area (Å²) in [5, 5.41) is 16.4. The standard InChI is InChI=1S/C27H19ClF3N3O3S/c1-15-23(25(36)34-19-5-2-4-17(12-19)27(29,30)31)24(22-6-3-11-37-22)20(13-32)26(33-15)38-14-21(35)16-7-9-18(28)10-8-16/h2-12,24,33H,14H2,1H3,(H,34,36)/t24-/m0/s1. The van der Waals surface area contributed by atoms with Gasteiger partial charge in [-0.3, -0.25) is 9.59 Å². The van der Waals surface area contributed by atoms with E-state index >= 15 is 0 Å². The van der Waals surface area contributed by atoms with Crippen LogP contribution in [0.4, 0.5) is 18.9 Å². The van der Waals surface area contributed by atoms with Gasteiger partial charge in [0.05, 0.1) is 45.7 Å². The second-order valence-electron chi connectivity index (χ2n) is 8.22. The van der Waals surface area contributed by atoms with Gasteiger partial charge in [0.1, 0.15) is 5.76 Å². The summed E-state index contributed by atoms with van der Waals surface area (Å²) in [4.78, 5) is 26.0. The van der Waals surface area contributed by atoms with E-state index in [-0.39, 0.29) is 28.4 Å². The van der Waals surface area contributed by atoms with Crippen LogP contribution in [0.25, 0.3) is 0 Å². The molecule has 2 heterocycles. The first-order valence-electron chi connectivity index (χ1n) is 11.1. The number of furan rings is 1. The average Bonchev–Trinajstić information content (AvgIpc) is 3.41. The van der Waals surface area contributed by atoms with Gasteiger partial charge in [0.25, 0.3) is 5.91 Å². The van der Waals surface area contributed by atoms with Gasteiger partial charge >= 0.3 is 6.18 Å². The monoisotopic (exact) mass is 557 g/mol. The molecule has 1 aliphatic rings. The molecule has 0 saturated carbocycles. The Kier molecular flexibility index (Phi) is 7.99. The van der Waals surface area contributed by atoms with Gasteiger partial charge < -0.3 is 15.1 Å². The molecule has 0 aliphatic carbocycles. The first kappa shape index (κ1) is 27.1. The summed E-state index contributed by atoms with van der Waals surface area (Å²) >= 11 is 6.98. The van der Waals surface area contributed by atoms with Crippen molar-refractivity contribution < 1.29 is 27.2 Å². The van der Waals surface area contributed by atoms with Crippen LogP contribution in [0.3, 0.4) is 0 Å². The number of hydrogen-bond acceptors (Lipinski definition) is 6. The molecule has 11 heteroatoms. The van der Waals surface area contributed by atoms with Gasteiger partial charge in [0.2, 0.25) is 0 Å². The van der Waals surface area contributed by atoms with Crippen LogP contribution >= 0.6 is 23.4 Å². The summed E-state index contributed by atoms with van der Waals surface area (Å²) in [5.74, 6) is -1.56. The Labute approximate surface area is 225 Å². The molecule has 1 aliphatic heterocycles. The molecule has 0 radical (unpaired) electrons. The first-order chi connectivity index (χ1) is 18.1. The zero-order valence-corrected chi connectivity index (χ0v) is 21.3. The van der Waals surface area contributed by atoms with E-state index in [4.69, 9.17) is 16.0 Å². The Hall–Kier alpha value is -3.94. The third-order valence-electron chi connectivity index (χ3n) is 5.68. The quantitative estimate of drug-likeness (QED) is 0.307. The summed E-state index contributed by atoms with van der Waals surface area (Å²) in [6.07, 6.45) is -3.19. The fourth-order valence-electron chi connectivity index (χ4n) is 3.90. The maximum atomic E-state index is 13.4. The Balaban J connectivity index is 1.63. The first-order valence-corrected chi connectivity index (χ1v) is 12.5. The topological polar surface area (TPSA) is 95.1 Å². The number of amides is 1. The van der Waals surface area contributed by atoms with Crippen LogP contribution in [0, 0.1) is 11.3 Å². The summed E-state index contributed by atoms with van der Waals surface area (Å²) in [5.41, 5.74) is 0.0756. The predicted molar refractivity (Wildman–Crippen MR) is 138 cm³/mol. The molecule has 3 aromatic rings. The van der Waals surface area contributed by atoms with Crippen molar-refractivity contribution in [2.75, 3.05) is 11.1 Å². The number of benzene rings is 2. The van der Waals surface area contributed by atoms with Crippen LogP contribution in [0.2, 0.25) is 5.02 Å². The highest BCUT2D eigenvalue weighted by molar-refractivity contribution is 8.03. The van der Waals surface area contributed by atoms with Crippen molar-refractivity contribution in [2.24, 2.45) is 0 Å². The summed E-state index contributed by atoms with van der Waals surface area (Å²) in [6.45, 7) is 1.60. The molecular formula is C27H19ClF3N3O3S. The van der Waals surface area contributed by atoms with Crippen LogP contribution in [0.15, 0.2) is 93.2 Å². The Morgan fingerprint density at radius 3 is 2.53 bits per heavy atom. The molecule has 1 atom stereocenters. The van der Waals surface area contributed by atoms with Gasteiger partial charge in [0, 0.05) is 22.0 Å². The van der Waals surface area contributed by atoms with Crippen molar-refractivity contribution in [2.45, 2.75) is 19.0 Å². The van der Waals surface area contributed by atoms with Gasteiger partial charge in [-0.2, -0.15) is 18.4 Å². The smallest absolute Gasteiger partial charge is 0.416 e. The molecule has 2 aromatic carbocycles. The van der Waals surface area contributed by atoms with Gasteiger partial charge in [-0.25, -0.2) is 0 Å². The fourth-order valence-corrected chi connectivity index (χ4v) is 5.01. The fraction of sp³-hybridized carbons (Fsp3) is 0.148. The van der Waals surface area contributed by atoms with E-state index < -0.39 is 23.6 Å². The number of Topliss-reactive ketones (excluding diaryl/α,β-unsaturated/α-hetero) is 1. The summed E-state index contributed by atoms with van der Waals surface area (Å²) in [6, 6.07) is 16.0. The number of dihydropyridines is 1. The van der Waals surface area contributed by atoms with Crippen LogP contribution in [-0.4, -0.2) is 17.4 Å². The lowest BCUT2D eigenvalue weighted by Crippen LogP contribution is -2.30. The minimum atomic E-state index is -4.58. The zero-order valence-electron chi connectivity index (χ0n) is 19.7. The molecule has 0 fully saturated rings. The molecule has 194 valence electrons. The van der Waals surface area contributed by atoms with Crippen LogP contribution in [-0.2, 0) is 11.0 Å². The predicted octanol–water partition coefficient (Wildman–Crippen LogP) is 6.90. The van der Waals surface area contributed by atoms with E-state index in [0.717, 1.165) is 23.9 Å². The number of carbonyl (C=O) groups is 2. The molecule has 6 nitrogen and oxygen atoms in total. The van der Waals surface area contributed by atoms with Crippen molar-refractivity contribution in [1.29, 1.82) is 5.26 Å². The third kappa shape index (κ3) is 5.96. The third-order valence-corrected chi connectivity index (χ3v) is 6.95. The minimum Gasteiger partial charge on any atom is -0.468 e. The molecule has 2 N–H and O–H groups in total. The number of nitrogens with zero attached hydrogens (tertiary/aromatic N) is 1.